The van der Waals surface area contributed by atoms with Crippen molar-refractivity contribution in [3.8, 4) is 5.75 Å². The van der Waals surface area contributed by atoms with Gasteiger partial charge in [0.05, 0.1) is 19.3 Å². The zero-order chi connectivity index (χ0) is 16.5. The maximum absolute atomic E-state index is 11.6. The van der Waals surface area contributed by atoms with Crippen molar-refractivity contribution in [2.24, 2.45) is 5.73 Å². The van der Waals surface area contributed by atoms with Crippen molar-refractivity contribution in [1.82, 2.24) is 0 Å². The fraction of sp³-hybridized carbons (Fsp3) is 0.278. The summed E-state index contributed by atoms with van der Waals surface area (Å²) in [6.45, 7) is 3.09. The van der Waals surface area contributed by atoms with E-state index in [2.05, 4.69) is 5.32 Å². The lowest BCUT2D eigenvalue weighted by Gasteiger charge is -2.10. The van der Waals surface area contributed by atoms with Crippen LogP contribution in [-0.2, 0) is 16.1 Å². The fourth-order valence-electron chi connectivity index (χ4n) is 1.92. The normalized spacial score (nSPS) is 11.7. The standard InChI is InChI=1S/C18H22N2O3/c1-14(19)18(21)20-16-7-5-6-15(12-16)13-22-10-11-23-17-8-3-2-4-9-17/h2-9,12,14H,10-11,13,19H2,1H3,(H,20,21)/t14-/m1/s1. The number of hydrogen-bond acceptors (Lipinski definition) is 4. The Morgan fingerprint density at radius 3 is 2.65 bits per heavy atom. The smallest absolute Gasteiger partial charge is 0.240 e. The van der Waals surface area contributed by atoms with Crippen LogP contribution in [0.5, 0.6) is 5.75 Å². The largest absolute Gasteiger partial charge is 0.491 e. The number of para-hydroxylation sites is 1. The molecule has 0 aliphatic carbocycles. The second-order valence-corrected chi connectivity index (χ2v) is 5.19. The summed E-state index contributed by atoms with van der Waals surface area (Å²) in [5, 5.41) is 2.76. The minimum absolute atomic E-state index is 0.209. The maximum Gasteiger partial charge on any atom is 0.240 e. The summed E-state index contributed by atoms with van der Waals surface area (Å²) in [7, 11) is 0. The zero-order valence-electron chi connectivity index (χ0n) is 13.2. The quantitative estimate of drug-likeness (QED) is 0.735. The molecule has 122 valence electrons. The van der Waals surface area contributed by atoms with Crippen LogP contribution in [0.2, 0.25) is 0 Å². The van der Waals surface area contributed by atoms with Crippen LogP contribution in [0.1, 0.15) is 12.5 Å². The molecule has 23 heavy (non-hydrogen) atoms. The number of nitrogens with one attached hydrogen (secondary N) is 1. The highest BCUT2D eigenvalue weighted by molar-refractivity contribution is 5.94. The third-order valence-corrected chi connectivity index (χ3v) is 3.12. The molecule has 2 rings (SSSR count). The van der Waals surface area contributed by atoms with Gasteiger partial charge in [0.15, 0.2) is 0 Å². The van der Waals surface area contributed by atoms with Gasteiger partial charge in [-0.3, -0.25) is 4.79 Å². The van der Waals surface area contributed by atoms with Gasteiger partial charge in [0.1, 0.15) is 12.4 Å². The molecule has 1 amide bonds. The summed E-state index contributed by atoms with van der Waals surface area (Å²) in [4.78, 5) is 11.6. The Morgan fingerprint density at radius 2 is 1.91 bits per heavy atom. The summed E-state index contributed by atoms with van der Waals surface area (Å²) >= 11 is 0. The molecule has 0 spiro atoms. The van der Waals surface area contributed by atoms with Gasteiger partial charge in [0.25, 0.3) is 0 Å². The first-order chi connectivity index (χ1) is 11.1. The van der Waals surface area contributed by atoms with Crippen LogP contribution in [0.3, 0.4) is 0 Å². The van der Waals surface area contributed by atoms with Gasteiger partial charge >= 0.3 is 0 Å². The van der Waals surface area contributed by atoms with Crippen LogP contribution >= 0.6 is 0 Å². The first-order valence-corrected chi connectivity index (χ1v) is 7.56. The molecule has 0 radical (unpaired) electrons. The molecule has 0 saturated carbocycles. The van der Waals surface area contributed by atoms with Gasteiger partial charge in [-0.2, -0.15) is 0 Å². The van der Waals surface area contributed by atoms with E-state index in [1.54, 1.807) is 6.92 Å². The van der Waals surface area contributed by atoms with Crippen LogP contribution in [0.15, 0.2) is 54.6 Å². The zero-order valence-corrected chi connectivity index (χ0v) is 13.2. The minimum atomic E-state index is -0.537. The van der Waals surface area contributed by atoms with Crippen LogP contribution in [-0.4, -0.2) is 25.2 Å². The van der Waals surface area contributed by atoms with Crippen molar-refractivity contribution in [2.75, 3.05) is 18.5 Å². The van der Waals surface area contributed by atoms with Crippen molar-refractivity contribution in [3.63, 3.8) is 0 Å². The van der Waals surface area contributed by atoms with E-state index in [1.807, 2.05) is 54.6 Å². The van der Waals surface area contributed by atoms with E-state index in [1.165, 1.54) is 0 Å². The Morgan fingerprint density at radius 1 is 1.13 bits per heavy atom. The van der Waals surface area contributed by atoms with E-state index < -0.39 is 6.04 Å². The number of hydrogen-bond donors (Lipinski definition) is 2. The highest BCUT2D eigenvalue weighted by atomic mass is 16.5. The van der Waals surface area contributed by atoms with E-state index in [9.17, 15) is 4.79 Å². The average Bonchev–Trinajstić information content (AvgIpc) is 2.56. The number of amides is 1. The van der Waals surface area contributed by atoms with E-state index in [4.69, 9.17) is 15.2 Å². The number of carbonyl (C=O) groups is 1. The van der Waals surface area contributed by atoms with E-state index in [0.717, 1.165) is 11.3 Å². The van der Waals surface area contributed by atoms with Gasteiger partial charge < -0.3 is 20.5 Å². The topological polar surface area (TPSA) is 73.6 Å². The molecule has 1 atom stereocenters. The van der Waals surface area contributed by atoms with Gasteiger partial charge in [0.2, 0.25) is 5.91 Å². The Kier molecular flexibility index (Phi) is 6.59. The number of benzene rings is 2. The molecule has 0 aliphatic heterocycles. The predicted octanol–water partition coefficient (Wildman–Crippen LogP) is 2.57. The summed E-state index contributed by atoms with van der Waals surface area (Å²) in [6, 6.07) is 16.6. The second-order valence-electron chi connectivity index (χ2n) is 5.19. The monoisotopic (exact) mass is 314 g/mol. The summed E-state index contributed by atoms with van der Waals surface area (Å²) in [6.07, 6.45) is 0. The van der Waals surface area contributed by atoms with Crippen LogP contribution in [0.4, 0.5) is 5.69 Å². The van der Waals surface area contributed by atoms with E-state index in [-0.39, 0.29) is 5.91 Å². The lowest BCUT2D eigenvalue weighted by molar-refractivity contribution is -0.117. The molecule has 0 aliphatic rings. The lowest BCUT2D eigenvalue weighted by atomic mass is 10.2. The van der Waals surface area contributed by atoms with Crippen molar-refractivity contribution in [1.29, 1.82) is 0 Å². The average molecular weight is 314 g/mol. The number of rotatable bonds is 8. The van der Waals surface area contributed by atoms with Gasteiger partial charge in [-0.1, -0.05) is 30.3 Å². The Hall–Kier alpha value is -2.37. The van der Waals surface area contributed by atoms with Crippen molar-refractivity contribution >= 4 is 11.6 Å². The molecule has 0 heterocycles. The van der Waals surface area contributed by atoms with E-state index >= 15 is 0 Å². The highest BCUT2D eigenvalue weighted by Crippen LogP contribution is 2.12. The molecular formula is C18H22N2O3. The number of ether oxygens (including phenoxy) is 2. The Labute approximate surface area is 136 Å². The van der Waals surface area contributed by atoms with Gasteiger partial charge in [-0.05, 0) is 36.8 Å². The molecule has 0 saturated heterocycles. The molecule has 5 heteroatoms. The first kappa shape index (κ1) is 17.0. The summed E-state index contributed by atoms with van der Waals surface area (Å²) in [5.41, 5.74) is 7.23. The molecule has 0 aromatic heterocycles. The molecule has 0 bridgehead atoms. The maximum atomic E-state index is 11.6. The third-order valence-electron chi connectivity index (χ3n) is 3.12. The number of nitrogens with two attached hydrogens (primary N) is 1. The van der Waals surface area contributed by atoms with Gasteiger partial charge in [0, 0.05) is 5.69 Å². The van der Waals surface area contributed by atoms with Crippen molar-refractivity contribution < 1.29 is 14.3 Å². The van der Waals surface area contributed by atoms with Crippen LogP contribution in [0.25, 0.3) is 0 Å². The van der Waals surface area contributed by atoms with Crippen molar-refractivity contribution in [3.05, 3.63) is 60.2 Å². The molecule has 2 aromatic rings. The van der Waals surface area contributed by atoms with E-state index in [0.29, 0.717) is 25.5 Å². The summed E-state index contributed by atoms with van der Waals surface area (Å²) < 4.78 is 11.1. The summed E-state index contributed by atoms with van der Waals surface area (Å²) in [5.74, 6) is 0.621. The number of anilines is 1. The highest BCUT2D eigenvalue weighted by Gasteiger charge is 2.07. The van der Waals surface area contributed by atoms with Gasteiger partial charge in [-0.25, -0.2) is 0 Å². The molecule has 3 N–H and O–H groups in total. The SMILES string of the molecule is C[C@@H](N)C(=O)Nc1cccc(COCCOc2ccccc2)c1. The van der Waals surface area contributed by atoms with Crippen LogP contribution < -0.4 is 15.8 Å². The molecular weight excluding hydrogens is 292 g/mol. The van der Waals surface area contributed by atoms with Gasteiger partial charge in [-0.15, -0.1) is 0 Å². The fourth-order valence-corrected chi connectivity index (χ4v) is 1.92. The van der Waals surface area contributed by atoms with Crippen molar-refractivity contribution in [2.45, 2.75) is 19.6 Å². The Bertz CT molecular complexity index is 615. The predicted molar refractivity (Wildman–Crippen MR) is 90.3 cm³/mol. The van der Waals surface area contributed by atoms with Crippen LogP contribution in [0, 0.1) is 0 Å². The molecule has 0 unspecified atom stereocenters. The minimum Gasteiger partial charge on any atom is -0.491 e. The third kappa shape index (κ3) is 6.10. The Balaban J connectivity index is 1.72. The second kappa shape index (κ2) is 8.92. The number of carbonyl (C=O) groups excluding carboxylic acids is 1. The molecule has 0 fully saturated rings. The lowest BCUT2D eigenvalue weighted by Crippen LogP contribution is -2.32. The molecule has 5 nitrogen and oxygen atoms in total. The first-order valence-electron chi connectivity index (χ1n) is 7.56. The molecule has 2 aromatic carbocycles.